The van der Waals surface area contributed by atoms with E-state index in [0.717, 1.165) is 0 Å². The lowest BCUT2D eigenvalue weighted by Gasteiger charge is -2.68. The van der Waals surface area contributed by atoms with Crippen LogP contribution in [0.25, 0.3) is 0 Å². The summed E-state index contributed by atoms with van der Waals surface area (Å²) in [5.41, 5.74) is -2.08. The van der Waals surface area contributed by atoms with Crippen molar-refractivity contribution in [2.24, 2.45) is 22.7 Å². The summed E-state index contributed by atoms with van der Waals surface area (Å²) in [4.78, 5) is 37.3. The fourth-order valence-corrected chi connectivity index (χ4v) is 7.24. The minimum absolute atomic E-state index is 0.135. The Hall–Kier alpha value is -2.35. The second kappa shape index (κ2) is 7.86. The predicted octanol–water partition coefficient (Wildman–Crippen LogP) is 3.15. The molecule has 8 heteroatoms. The van der Waals surface area contributed by atoms with Crippen molar-refractivity contribution in [3.8, 4) is 0 Å². The van der Waals surface area contributed by atoms with E-state index in [9.17, 15) is 19.5 Å². The Kier molecular flexibility index (Phi) is 5.67. The highest BCUT2D eigenvalue weighted by atomic mass is 16.6. The summed E-state index contributed by atoms with van der Waals surface area (Å²) in [6.45, 7) is 8.65. The number of esters is 3. The zero-order chi connectivity index (χ0) is 24.3. The van der Waals surface area contributed by atoms with Gasteiger partial charge in [-0.1, -0.05) is 20.8 Å². The summed E-state index contributed by atoms with van der Waals surface area (Å²) in [7, 11) is 1.33. The third-order valence-electron chi connectivity index (χ3n) is 8.86. The average Bonchev–Trinajstić information content (AvgIpc) is 3.19. The van der Waals surface area contributed by atoms with E-state index >= 15 is 0 Å². The van der Waals surface area contributed by atoms with Crippen LogP contribution in [0, 0.1) is 22.7 Å². The number of aliphatic hydroxyl groups is 1. The van der Waals surface area contributed by atoms with E-state index in [4.69, 9.17) is 18.6 Å². The summed E-state index contributed by atoms with van der Waals surface area (Å²) < 4.78 is 22.6. The molecular formula is C25H34O8. The fourth-order valence-electron chi connectivity index (χ4n) is 7.24. The molecule has 3 aliphatic carbocycles. The molecule has 4 rings (SSSR count). The molecule has 2 fully saturated rings. The van der Waals surface area contributed by atoms with Crippen LogP contribution < -0.4 is 0 Å². The number of rotatable bonds is 3. The minimum Gasteiger partial charge on any atom is -0.469 e. The molecule has 0 unspecified atom stereocenters. The summed E-state index contributed by atoms with van der Waals surface area (Å²) in [5.74, 6) is -2.26. The van der Waals surface area contributed by atoms with Gasteiger partial charge in [-0.2, -0.15) is 0 Å². The third kappa shape index (κ3) is 3.32. The molecule has 8 nitrogen and oxygen atoms in total. The fraction of sp³-hybridized carbons (Fsp3) is 0.720. The van der Waals surface area contributed by atoms with Gasteiger partial charge in [0.05, 0.1) is 24.9 Å². The molecule has 33 heavy (non-hydrogen) atoms. The van der Waals surface area contributed by atoms with Gasteiger partial charge in [0.15, 0.2) is 0 Å². The van der Waals surface area contributed by atoms with Gasteiger partial charge < -0.3 is 23.7 Å². The highest BCUT2D eigenvalue weighted by molar-refractivity contribution is 5.79. The SMILES string of the molecule is COC(=O)[C@H]1c2ccoc2C[C@@H]2[C@@H]1[C@H](OC(C)=O)C[C@]1(O)C(C)(C)CC[C@@H](OC(C)=O)[C@@]21C. The first-order valence-corrected chi connectivity index (χ1v) is 11.6. The summed E-state index contributed by atoms with van der Waals surface area (Å²) in [5, 5.41) is 12.4. The van der Waals surface area contributed by atoms with Gasteiger partial charge >= 0.3 is 17.9 Å². The second-order valence-electron chi connectivity index (χ2n) is 10.7. The first-order chi connectivity index (χ1) is 15.4. The van der Waals surface area contributed by atoms with Crippen LogP contribution in [0.2, 0.25) is 0 Å². The van der Waals surface area contributed by atoms with Gasteiger partial charge in [-0.3, -0.25) is 14.4 Å². The quantitative estimate of drug-likeness (QED) is 0.539. The molecule has 0 amide bonds. The largest absolute Gasteiger partial charge is 0.469 e. The smallest absolute Gasteiger partial charge is 0.313 e. The number of ether oxygens (including phenoxy) is 3. The Bertz CT molecular complexity index is 963. The number of hydrogen-bond acceptors (Lipinski definition) is 8. The van der Waals surface area contributed by atoms with Crippen molar-refractivity contribution >= 4 is 17.9 Å². The lowest BCUT2D eigenvalue weighted by molar-refractivity contribution is -0.298. The van der Waals surface area contributed by atoms with Crippen LogP contribution in [0.5, 0.6) is 0 Å². The Labute approximate surface area is 193 Å². The molecule has 1 heterocycles. The lowest BCUT2D eigenvalue weighted by atomic mass is 9.40. The molecule has 0 saturated heterocycles. The van der Waals surface area contributed by atoms with E-state index in [-0.39, 0.29) is 12.3 Å². The van der Waals surface area contributed by atoms with E-state index in [1.165, 1.54) is 21.0 Å². The molecule has 3 aliphatic rings. The number of furan rings is 1. The van der Waals surface area contributed by atoms with E-state index in [1.54, 1.807) is 12.3 Å². The number of fused-ring (bicyclic) bond motifs is 4. The number of methoxy groups -OCH3 is 1. The maximum Gasteiger partial charge on any atom is 0.313 e. The predicted molar refractivity (Wildman–Crippen MR) is 116 cm³/mol. The number of carbonyl (C=O) groups is 3. The Balaban J connectivity index is 1.95. The van der Waals surface area contributed by atoms with E-state index in [0.29, 0.717) is 30.6 Å². The van der Waals surface area contributed by atoms with Gasteiger partial charge in [0.2, 0.25) is 0 Å². The molecule has 182 valence electrons. The van der Waals surface area contributed by atoms with Crippen molar-refractivity contribution in [2.75, 3.05) is 7.11 Å². The van der Waals surface area contributed by atoms with Gasteiger partial charge in [-0.15, -0.1) is 0 Å². The molecule has 2 saturated carbocycles. The maximum absolute atomic E-state index is 13.1. The van der Waals surface area contributed by atoms with Crippen molar-refractivity contribution in [3.05, 3.63) is 23.7 Å². The Morgan fingerprint density at radius 3 is 2.39 bits per heavy atom. The Morgan fingerprint density at radius 2 is 1.79 bits per heavy atom. The van der Waals surface area contributed by atoms with Crippen molar-refractivity contribution in [1.82, 2.24) is 0 Å². The van der Waals surface area contributed by atoms with Gasteiger partial charge in [0.25, 0.3) is 0 Å². The number of hydrogen-bond donors (Lipinski definition) is 1. The highest BCUT2D eigenvalue weighted by Crippen LogP contribution is 2.67. The molecule has 1 aromatic heterocycles. The van der Waals surface area contributed by atoms with Crippen molar-refractivity contribution in [3.63, 3.8) is 0 Å². The molecule has 1 N–H and O–H groups in total. The zero-order valence-electron chi connectivity index (χ0n) is 20.2. The molecule has 0 aromatic carbocycles. The van der Waals surface area contributed by atoms with Crippen LogP contribution in [0.4, 0.5) is 0 Å². The van der Waals surface area contributed by atoms with Crippen molar-refractivity contribution in [1.29, 1.82) is 0 Å². The lowest BCUT2D eigenvalue weighted by Crippen LogP contribution is -2.74. The molecule has 0 spiro atoms. The zero-order valence-corrected chi connectivity index (χ0v) is 20.2. The molecule has 7 atom stereocenters. The van der Waals surface area contributed by atoms with E-state index in [1.807, 2.05) is 20.8 Å². The van der Waals surface area contributed by atoms with Crippen LogP contribution in [0.3, 0.4) is 0 Å². The molecule has 0 bridgehead atoms. The minimum atomic E-state index is -1.33. The van der Waals surface area contributed by atoms with Crippen LogP contribution in [-0.2, 0) is 35.0 Å². The van der Waals surface area contributed by atoms with Crippen LogP contribution in [0.1, 0.15) is 71.1 Å². The van der Waals surface area contributed by atoms with Crippen LogP contribution in [0.15, 0.2) is 16.7 Å². The van der Waals surface area contributed by atoms with Crippen LogP contribution in [-0.4, -0.2) is 47.9 Å². The monoisotopic (exact) mass is 462 g/mol. The van der Waals surface area contributed by atoms with Crippen molar-refractivity contribution < 1.29 is 38.1 Å². The second-order valence-corrected chi connectivity index (χ2v) is 10.7. The first kappa shape index (κ1) is 23.8. The normalized spacial score (nSPS) is 38.8. The standard InChI is InChI=1S/C25H34O8/c1-13(26)32-18-12-25(29)23(3,4)9-7-19(33-14(2)27)24(25,5)16-11-17-15(8-10-31-17)20(21(16)18)22(28)30-6/h8,10,16,18-21,29H,7,9,11-12H2,1-6H3/t16-,18-,19-,20+,21-,24-,25+/m1/s1. The maximum atomic E-state index is 13.1. The number of carbonyl (C=O) groups excluding carboxylic acids is 3. The van der Waals surface area contributed by atoms with Gasteiger partial charge in [-0.25, -0.2) is 0 Å². The Morgan fingerprint density at radius 1 is 1.12 bits per heavy atom. The molecule has 0 aliphatic heterocycles. The third-order valence-corrected chi connectivity index (χ3v) is 8.86. The topological polar surface area (TPSA) is 112 Å². The average molecular weight is 463 g/mol. The summed E-state index contributed by atoms with van der Waals surface area (Å²) in [6.07, 6.45) is 2.04. The molecule has 0 radical (unpaired) electrons. The van der Waals surface area contributed by atoms with Gasteiger partial charge in [0, 0.05) is 43.6 Å². The molecular weight excluding hydrogens is 428 g/mol. The van der Waals surface area contributed by atoms with Crippen molar-refractivity contribution in [2.45, 2.75) is 84.0 Å². The summed E-state index contributed by atoms with van der Waals surface area (Å²) >= 11 is 0. The van der Waals surface area contributed by atoms with Crippen LogP contribution >= 0.6 is 0 Å². The van der Waals surface area contributed by atoms with Gasteiger partial charge in [0.1, 0.15) is 18.0 Å². The van der Waals surface area contributed by atoms with Gasteiger partial charge in [-0.05, 0) is 30.2 Å². The van der Waals surface area contributed by atoms with E-state index in [2.05, 4.69) is 0 Å². The first-order valence-electron chi connectivity index (χ1n) is 11.6. The molecule has 1 aromatic rings. The highest BCUT2D eigenvalue weighted by Gasteiger charge is 2.73. The van der Waals surface area contributed by atoms with E-state index < -0.39 is 58.4 Å². The summed E-state index contributed by atoms with van der Waals surface area (Å²) in [6, 6.07) is 1.76.